The highest BCUT2D eigenvalue weighted by Crippen LogP contribution is 2.13. The summed E-state index contributed by atoms with van der Waals surface area (Å²) >= 11 is 1.63. The summed E-state index contributed by atoms with van der Waals surface area (Å²) in [5.74, 6) is 0.669. The average molecular weight is 312 g/mol. The summed E-state index contributed by atoms with van der Waals surface area (Å²) < 4.78 is 0. The van der Waals surface area contributed by atoms with Gasteiger partial charge < -0.3 is 10.6 Å². The molecule has 1 aliphatic heterocycles. The number of hydrogen-bond acceptors (Lipinski definition) is 4. The summed E-state index contributed by atoms with van der Waals surface area (Å²) in [6.07, 6.45) is 3.59. The number of carbonyl (C=O) groups is 1. The minimum atomic E-state index is 0. The zero-order valence-electron chi connectivity index (χ0n) is 10.3. The monoisotopic (exact) mass is 311 g/mol. The van der Waals surface area contributed by atoms with Gasteiger partial charge in [0.15, 0.2) is 0 Å². The first kappa shape index (κ1) is 17.6. The van der Waals surface area contributed by atoms with E-state index < -0.39 is 0 Å². The van der Waals surface area contributed by atoms with E-state index >= 15 is 0 Å². The van der Waals surface area contributed by atoms with Gasteiger partial charge in [-0.25, -0.2) is 4.98 Å². The van der Waals surface area contributed by atoms with Crippen LogP contribution in [0.5, 0.6) is 0 Å². The van der Waals surface area contributed by atoms with Crippen molar-refractivity contribution >= 4 is 42.1 Å². The number of hydrogen-bond donors (Lipinski definition) is 2. The Kier molecular flexibility index (Phi) is 8.52. The van der Waals surface area contributed by atoms with Gasteiger partial charge in [-0.05, 0) is 32.4 Å². The van der Waals surface area contributed by atoms with E-state index in [9.17, 15) is 4.79 Å². The first-order valence-corrected chi connectivity index (χ1v) is 6.44. The molecule has 1 amide bonds. The highest BCUT2D eigenvalue weighted by atomic mass is 35.5. The number of carbonyl (C=O) groups excluding carboxylic acids is 1. The number of aromatic nitrogens is 1. The fraction of sp³-hybridized carbons (Fsp3) is 0.636. The van der Waals surface area contributed by atoms with E-state index in [0.717, 1.165) is 29.4 Å². The van der Waals surface area contributed by atoms with Crippen molar-refractivity contribution < 1.29 is 4.79 Å². The predicted octanol–water partition coefficient (Wildman–Crippen LogP) is 1.91. The molecule has 1 saturated heterocycles. The van der Waals surface area contributed by atoms with Gasteiger partial charge >= 0.3 is 0 Å². The van der Waals surface area contributed by atoms with Crippen LogP contribution in [-0.4, -0.2) is 24.0 Å². The van der Waals surface area contributed by atoms with Gasteiger partial charge in [0, 0.05) is 17.5 Å². The summed E-state index contributed by atoms with van der Waals surface area (Å²) in [5.41, 5.74) is 0. The number of nitrogens with one attached hydrogen (secondary N) is 2. The number of rotatable bonds is 4. The van der Waals surface area contributed by atoms with Crippen LogP contribution >= 0.6 is 36.2 Å². The van der Waals surface area contributed by atoms with Crippen molar-refractivity contribution in [1.29, 1.82) is 0 Å². The summed E-state index contributed by atoms with van der Waals surface area (Å²) in [7, 11) is 0. The van der Waals surface area contributed by atoms with Crippen LogP contribution < -0.4 is 10.6 Å². The lowest BCUT2D eigenvalue weighted by molar-refractivity contribution is -0.122. The summed E-state index contributed by atoms with van der Waals surface area (Å²) in [6.45, 7) is 4.61. The van der Waals surface area contributed by atoms with Gasteiger partial charge in [-0.1, -0.05) is 0 Å². The number of aryl methyl sites for hydroxylation is 1. The zero-order valence-corrected chi connectivity index (χ0v) is 12.7. The van der Waals surface area contributed by atoms with E-state index in [0.29, 0.717) is 18.9 Å². The maximum Gasteiger partial charge on any atom is 0.220 e. The molecular formula is C11H19Cl2N3OS. The number of halogens is 2. The molecule has 1 fully saturated rings. The molecule has 2 rings (SSSR count). The minimum Gasteiger partial charge on any atom is -0.351 e. The van der Waals surface area contributed by atoms with Crippen molar-refractivity contribution in [3.05, 3.63) is 16.1 Å². The molecule has 1 aliphatic rings. The minimum absolute atomic E-state index is 0. The zero-order chi connectivity index (χ0) is 11.4. The number of amides is 1. The molecule has 0 aromatic carbocycles. The molecule has 104 valence electrons. The Morgan fingerprint density at radius 3 is 2.94 bits per heavy atom. The van der Waals surface area contributed by atoms with Crippen LogP contribution in [0.15, 0.2) is 6.20 Å². The Balaban J connectivity index is 0.00000144. The van der Waals surface area contributed by atoms with Crippen LogP contribution in [0.2, 0.25) is 0 Å². The molecule has 7 heteroatoms. The Hall–Kier alpha value is -0.360. The van der Waals surface area contributed by atoms with Crippen molar-refractivity contribution in [3.8, 4) is 0 Å². The van der Waals surface area contributed by atoms with Gasteiger partial charge in [-0.15, -0.1) is 36.2 Å². The van der Waals surface area contributed by atoms with E-state index in [4.69, 9.17) is 0 Å². The van der Waals surface area contributed by atoms with E-state index in [-0.39, 0.29) is 30.7 Å². The van der Waals surface area contributed by atoms with Crippen molar-refractivity contribution in [3.63, 3.8) is 0 Å². The molecule has 0 radical (unpaired) electrons. The molecule has 1 unspecified atom stereocenters. The second-order valence-corrected chi connectivity index (χ2v) is 5.50. The molecule has 2 N–H and O–H groups in total. The largest absolute Gasteiger partial charge is 0.351 e. The molecular weight excluding hydrogens is 293 g/mol. The third kappa shape index (κ3) is 5.52. The van der Waals surface area contributed by atoms with Crippen LogP contribution in [0.1, 0.15) is 22.7 Å². The number of nitrogens with zero attached hydrogens (tertiary/aromatic N) is 1. The van der Waals surface area contributed by atoms with E-state index in [2.05, 4.69) is 15.6 Å². The molecule has 1 aromatic rings. The fourth-order valence-electron chi connectivity index (χ4n) is 1.90. The van der Waals surface area contributed by atoms with E-state index in [1.165, 1.54) is 0 Å². The molecule has 0 saturated carbocycles. The molecule has 18 heavy (non-hydrogen) atoms. The van der Waals surface area contributed by atoms with Crippen LogP contribution in [0.4, 0.5) is 0 Å². The van der Waals surface area contributed by atoms with Crippen LogP contribution in [-0.2, 0) is 11.3 Å². The third-order valence-corrected chi connectivity index (χ3v) is 3.68. The molecule has 2 heterocycles. The van der Waals surface area contributed by atoms with Gasteiger partial charge in [0.2, 0.25) is 5.91 Å². The second-order valence-electron chi connectivity index (χ2n) is 4.19. The first-order valence-electron chi connectivity index (χ1n) is 5.63. The summed E-state index contributed by atoms with van der Waals surface area (Å²) in [4.78, 5) is 16.9. The molecule has 1 aromatic heterocycles. The van der Waals surface area contributed by atoms with Crippen molar-refractivity contribution in [2.24, 2.45) is 5.92 Å². The Morgan fingerprint density at radius 1 is 1.61 bits per heavy atom. The quantitative estimate of drug-likeness (QED) is 0.893. The predicted molar refractivity (Wildman–Crippen MR) is 78.8 cm³/mol. The Labute approximate surface area is 124 Å². The molecule has 0 aliphatic carbocycles. The molecule has 1 atom stereocenters. The summed E-state index contributed by atoms with van der Waals surface area (Å²) in [6, 6.07) is 0. The highest BCUT2D eigenvalue weighted by molar-refractivity contribution is 7.11. The van der Waals surface area contributed by atoms with Crippen molar-refractivity contribution in [1.82, 2.24) is 15.6 Å². The van der Waals surface area contributed by atoms with E-state index in [1.54, 1.807) is 11.3 Å². The van der Waals surface area contributed by atoms with E-state index in [1.807, 2.05) is 13.1 Å². The lowest BCUT2D eigenvalue weighted by Gasteiger charge is -2.07. The second kappa shape index (κ2) is 8.69. The lowest BCUT2D eigenvalue weighted by atomic mass is 10.0. The fourth-order valence-corrected chi connectivity index (χ4v) is 2.63. The first-order chi connectivity index (χ1) is 7.74. The maximum atomic E-state index is 11.6. The van der Waals surface area contributed by atoms with Gasteiger partial charge in [0.05, 0.1) is 11.6 Å². The average Bonchev–Trinajstić information content (AvgIpc) is 2.87. The topological polar surface area (TPSA) is 54.0 Å². The highest BCUT2D eigenvalue weighted by Gasteiger charge is 2.17. The van der Waals surface area contributed by atoms with Crippen LogP contribution in [0.3, 0.4) is 0 Å². The Bertz CT molecular complexity index is 367. The molecule has 4 nitrogen and oxygen atoms in total. The maximum absolute atomic E-state index is 11.6. The summed E-state index contributed by atoms with van der Waals surface area (Å²) in [5, 5.41) is 7.26. The molecule has 0 spiro atoms. The van der Waals surface area contributed by atoms with Gasteiger partial charge in [-0.2, -0.15) is 0 Å². The Morgan fingerprint density at radius 2 is 2.39 bits per heavy atom. The lowest BCUT2D eigenvalue weighted by Crippen LogP contribution is -2.25. The van der Waals surface area contributed by atoms with Crippen LogP contribution in [0.25, 0.3) is 0 Å². The molecule has 0 bridgehead atoms. The smallest absolute Gasteiger partial charge is 0.220 e. The van der Waals surface area contributed by atoms with Gasteiger partial charge in [0.1, 0.15) is 0 Å². The SMILES string of the molecule is Cc1ncc(CNC(=O)CC2CCNC2)s1.Cl.Cl. The van der Waals surface area contributed by atoms with Crippen molar-refractivity contribution in [2.45, 2.75) is 26.3 Å². The number of thiazole rings is 1. The van der Waals surface area contributed by atoms with Crippen LogP contribution in [0, 0.1) is 12.8 Å². The standard InChI is InChI=1S/C11H17N3OS.2ClH/c1-8-13-6-10(16-8)7-14-11(15)4-9-2-3-12-5-9;;/h6,9,12H,2-5,7H2,1H3,(H,14,15);2*1H. The van der Waals surface area contributed by atoms with Gasteiger partial charge in [-0.3, -0.25) is 4.79 Å². The van der Waals surface area contributed by atoms with Crippen molar-refractivity contribution in [2.75, 3.05) is 13.1 Å². The van der Waals surface area contributed by atoms with Gasteiger partial charge in [0.25, 0.3) is 0 Å². The normalized spacial score (nSPS) is 17.7. The third-order valence-electron chi connectivity index (χ3n) is 2.77.